The van der Waals surface area contributed by atoms with Gasteiger partial charge in [-0.05, 0) is 41.6 Å². The number of hydrogen-bond acceptors (Lipinski definition) is 5. The maximum Gasteiger partial charge on any atom is 0.390 e. The van der Waals surface area contributed by atoms with Crippen molar-refractivity contribution in [2.24, 2.45) is 0 Å². The van der Waals surface area contributed by atoms with Crippen LogP contribution in [0.1, 0.15) is 31.3 Å². The summed E-state index contributed by atoms with van der Waals surface area (Å²) in [6, 6.07) is 0.687. The van der Waals surface area contributed by atoms with Crippen molar-refractivity contribution < 1.29 is 9.72 Å². The van der Waals surface area contributed by atoms with Gasteiger partial charge in [0.15, 0.2) is 0 Å². The smallest absolute Gasteiger partial charge is 0.358 e. The Balaban J connectivity index is 2.08. The van der Waals surface area contributed by atoms with E-state index in [1.54, 1.807) is 24.7 Å². The molecule has 9 nitrogen and oxygen atoms in total. The van der Waals surface area contributed by atoms with Crippen molar-refractivity contribution in [2.45, 2.75) is 39.9 Å². The Morgan fingerprint density at radius 3 is 2.83 bits per heavy atom. The molecule has 0 aliphatic heterocycles. The average Bonchev–Trinajstić information content (AvgIpc) is 3.07. The number of rotatable bonds is 6. The minimum atomic E-state index is -0.652. The Hall–Kier alpha value is -2.23. The number of nitrogens with zero attached hydrogens (tertiary/aromatic N) is 5. The molecular formula is C13H17BrN6O3. The van der Waals surface area contributed by atoms with Gasteiger partial charge in [0.25, 0.3) is 0 Å². The standard InChI is InChI=1S/C13H17BrN6O3/c1-4-18-11(10(14)6-16-18)7-15-13(21)9(3)19-8(2)5-12(17-19)20(22)23/h5-6,9H,4,7H2,1-3H3,(H,15,21). The number of carbonyl (C=O) groups is 1. The molecule has 0 aliphatic rings. The van der Waals surface area contributed by atoms with Gasteiger partial charge < -0.3 is 15.4 Å². The molecular weight excluding hydrogens is 368 g/mol. The number of carbonyl (C=O) groups excluding carboxylic acids is 1. The quantitative estimate of drug-likeness (QED) is 0.604. The fraction of sp³-hybridized carbons (Fsp3) is 0.462. The van der Waals surface area contributed by atoms with Crippen LogP contribution in [0.15, 0.2) is 16.7 Å². The van der Waals surface area contributed by atoms with E-state index < -0.39 is 11.0 Å². The van der Waals surface area contributed by atoms with Crippen molar-refractivity contribution in [3.05, 3.63) is 38.2 Å². The summed E-state index contributed by atoms with van der Waals surface area (Å²) in [7, 11) is 0. The highest BCUT2D eigenvalue weighted by molar-refractivity contribution is 9.10. The highest BCUT2D eigenvalue weighted by atomic mass is 79.9. The summed E-state index contributed by atoms with van der Waals surface area (Å²) in [6.07, 6.45) is 1.68. The van der Waals surface area contributed by atoms with Crippen LogP contribution in [0.25, 0.3) is 0 Å². The van der Waals surface area contributed by atoms with Crippen molar-refractivity contribution in [3.63, 3.8) is 0 Å². The van der Waals surface area contributed by atoms with Gasteiger partial charge in [-0.1, -0.05) is 0 Å². The Kier molecular flexibility index (Phi) is 5.14. The first-order valence-electron chi connectivity index (χ1n) is 7.03. The van der Waals surface area contributed by atoms with Crippen LogP contribution in [-0.4, -0.2) is 30.4 Å². The molecule has 0 bridgehead atoms. The monoisotopic (exact) mass is 384 g/mol. The van der Waals surface area contributed by atoms with E-state index in [0.717, 1.165) is 10.2 Å². The second-order valence-electron chi connectivity index (χ2n) is 4.99. The summed E-state index contributed by atoms with van der Waals surface area (Å²) < 4.78 is 3.94. The number of hydrogen-bond donors (Lipinski definition) is 1. The van der Waals surface area contributed by atoms with Gasteiger partial charge in [0.1, 0.15) is 6.04 Å². The molecule has 2 aromatic rings. The lowest BCUT2D eigenvalue weighted by Crippen LogP contribution is -2.32. The minimum Gasteiger partial charge on any atom is -0.358 e. The third kappa shape index (κ3) is 3.58. The molecule has 0 radical (unpaired) electrons. The molecule has 0 saturated carbocycles. The van der Waals surface area contributed by atoms with Crippen LogP contribution in [0.3, 0.4) is 0 Å². The van der Waals surface area contributed by atoms with E-state index in [1.165, 1.54) is 10.7 Å². The van der Waals surface area contributed by atoms with Crippen molar-refractivity contribution in [3.8, 4) is 0 Å². The summed E-state index contributed by atoms with van der Waals surface area (Å²) in [5.41, 5.74) is 1.41. The molecule has 23 heavy (non-hydrogen) atoms. The first-order valence-corrected chi connectivity index (χ1v) is 7.82. The highest BCUT2D eigenvalue weighted by Crippen LogP contribution is 2.18. The minimum absolute atomic E-state index is 0.269. The summed E-state index contributed by atoms with van der Waals surface area (Å²) in [5, 5.41) is 21.6. The van der Waals surface area contributed by atoms with Gasteiger partial charge in [0.2, 0.25) is 5.91 Å². The number of nitro groups is 1. The van der Waals surface area contributed by atoms with Crippen LogP contribution >= 0.6 is 15.9 Å². The molecule has 10 heteroatoms. The molecule has 0 aliphatic carbocycles. The first kappa shape index (κ1) is 17.1. The molecule has 1 unspecified atom stereocenters. The SMILES string of the molecule is CCn1ncc(Br)c1CNC(=O)C(C)n1nc([N+](=O)[O-])cc1C. The molecule has 0 saturated heterocycles. The molecule has 2 heterocycles. The molecule has 2 rings (SSSR count). The normalized spacial score (nSPS) is 12.2. The third-order valence-corrected chi connectivity index (χ3v) is 4.13. The van der Waals surface area contributed by atoms with Gasteiger partial charge in [-0.3, -0.25) is 9.48 Å². The average molecular weight is 385 g/mol. The zero-order valence-corrected chi connectivity index (χ0v) is 14.6. The third-order valence-electron chi connectivity index (χ3n) is 3.47. The van der Waals surface area contributed by atoms with Crippen LogP contribution < -0.4 is 5.32 Å². The number of aryl methyl sites for hydroxylation is 2. The van der Waals surface area contributed by atoms with E-state index in [-0.39, 0.29) is 11.7 Å². The first-order chi connectivity index (χ1) is 10.8. The van der Waals surface area contributed by atoms with Crippen LogP contribution in [0.2, 0.25) is 0 Å². The largest absolute Gasteiger partial charge is 0.390 e. The molecule has 1 N–H and O–H groups in total. The topological polar surface area (TPSA) is 108 Å². The van der Waals surface area contributed by atoms with E-state index in [4.69, 9.17) is 0 Å². The fourth-order valence-corrected chi connectivity index (χ4v) is 2.65. The van der Waals surface area contributed by atoms with Gasteiger partial charge >= 0.3 is 5.82 Å². The maximum atomic E-state index is 12.3. The van der Waals surface area contributed by atoms with Gasteiger partial charge in [-0.25, -0.2) is 0 Å². The van der Waals surface area contributed by atoms with E-state index >= 15 is 0 Å². The van der Waals surface area contributed by atoms with Crippen LogP contribution in [0, 0.1) is 17.0 Å². The van der Waals surface area contributed by atoms with E-state index in [2.05, 4.69) is 31.4 Å². The van der Waals surface area contributed by atoms with Crippen LogP contribution in [0.5, 0.6) is 0 Å². The highest BCUT2D eigenvalue weighted by Gasteiger charge is 2.24. The number of nitrogens with one attached hydrogen (secondary N) is 1. The van der Waals surface area contributed by atoms with Crippen molar-refractivity contribution in [2.75, 3.05) is 0 Å². The number of aromatic nitrogens is 4. The maximum absolute atomic E-state index is 12.3. The van der Waals surface area contributed by atoms with Crippen molar-refractivity contribution in [1.29, 1.82) is 0 Å². The van der Waals surface area contributed by atoms with Gasteiger partial charge in [0.05, 0.1) is 39.8 Å². The molecule has 0 spiro atoms. The van der Waals surface area contributed by atoms with Crippen molar-refractivity contribution in [1.82, 2.24) is 24.9 Å². The number of amides is 1. The summed E-state index contributed by atoms with van der Waals surface area (Å²) in [4.78, 5) is 22.5. The zero-order valence-electron chi connectivity index (χ0n) is 13.0. The summed E-state index contributed by atoms with van der Waals surface area (Å²) in [6.45, 7) is 6.27. The lowest BCUT2D eigenvalue weighted by molar-refractivity contribution is -0.389. The van der Waals surface area contributed by atoms with E-state index in [9.17, 15) is 14.9 Å². The Morgan fingerprint density at radius 2 is 2.26 bits per heavy atom. The predicted molar refractivity (Wildman–Crippen MR) is 85.8 cm³/mol. The molecule has 0 fully saturated rings. The van der Waals surface area contributed by atoms with Gasteiger partial charge in [0, 0.05) is 6.54 Å². The van der Waals surface area contributed by atoms with Crippen LogP contribution in [-0.2, 0) is 17.9 Å². The van der Waals surface area contributed by atoms with Gasteiger partial charge in [-0.15, -0.1) is 0 Å². The zero-order chi connectivity index (χ0) is 17.1. The van der Waals surface area contributed by atoms with Gasteiger partial charge in [-0.2, -0.15) is 9.78 Å². The molecule has 1 amide bonds. The van der Waals surface area contributed by atoms with Crippen molar-refractivity contribution >= 4 is 27.7 Å². The molecule has 0 aromatic carbocycles. The lowest BCUT2D eigenvalue weighted by atomic mass is 10.3. The van der Waals surface area contributed by atoms with E-state index in [1.807, 2.05) is 6.92 Å². The molecule has 2 aromatic heterocycles. The summed E-state index contributed by atoms with van der Waals surface area (Å²) >= 11 is 3.39. The number of halogens is 1. The Morgan fingerprint density at radius 1 is 1.57 bits per heavy atom. The van der Waals surface area contributed by atoms with Crippen LogP contribution in [0.4, 0.5) is 5.82 Å². The molecule has 1 atom stereocenters. The molecule has 124 valence electrons. The lowest BCUT2D eigenvalue weighted by Gasteiger charge is -2.12. The Labute approximate surface area is 140 Å². The summed E-state index contributed by atoms with van der Waals surface area (Å²) in [5.74, 6) is -0.546. The Bertz CT molecular complexity index is 738. The van der Waals surface area contributed by atoms with E-state index in [0.29, 0.717) is 18.8 Å². The predicted octanol–water partition coefficient (Wildman–Crippen LogP) is 1.96. The second-order valence-corrected chi connectivity index (χ2v) is 5.85. The second kappa shape index (κ2) is 6.90. The fourth-order valence-electron chi connectivity index (χ4n) is 2.22.